The topological polar surface area (TPSA) is 90.9 Å². The normalized spacial score (nSPS) is 18.5. The van der Waals surface area contributed by atoms with Crippen molar-refractivity contribution < 1.29 is 112 Å². The number of carbonyl (C=O) groups excluding carboxylic acids is 3. The lowest BCUT2D eigenvalue weighted by molar-refractivity contribution is -0.449. The van der Waals surface area contributed by atoms with Crippen LogP contribution in [0, 0.1) is 0 Å². The maximum Gasteiger partial charge on any atom is 0.430 e. The van der Waals surface area contributed by atoms with Gasteiger partial charge in [-0.15, -0.1) is 0 Å². The molecule has 5 atom stereocenters. The predicted octanol–water partition coefficient (Wildman–Crippen LogP) is 7.35. The summed E-state index contributed by atoms with van der Waals surface area (Å²) in [5, 5.41) is 0.932. The molecule has 0 aromatic carbocycles. The number of ether oxygens (including phenoxy) is 3. The van der Waals surface area contributed by atoms with Crippen LogP contribution >= 0.6 is 0 Å². The molecule has 0 saturated carbocycles. The molecule has 26 heteroatoms. The number of nitrogens with one attached hydrogen (secondary N) is 1. The quantitative estimate of drug-likeness (QED) is 0.0968. The van der Waals surface area contributed by atoms with Crippen molar-refractivity contribution in [2.24, 2.45) is 0 Å². The summed E-state index contributed by atoms with van der Waals surface area (Å²) in [6.07, 6.45) is -59.1. The molecule has 0 fully saturated rings. The molecular formula is C23H20F19NO6. The molecule has 1 amide bonds. The number of halogens is 19. The highest BCUT2D eigenvalue weighted by atomic mass is 19.4. The molecular weight excluding hydrogens is 747 g/mol. The van der Waals surface area contributed by atoms with Crippen LogP contribution in [0.2, 0.25) is 0 Å². The molecule has 0 radical (unpaired) electrons. The van der Waals surface area contributed by atoms with E-state index >= 15 is 8.78 Å². The summed E-state index contributed by atoms with van der Waals surface area (Å²) in [6.45, 7) is 5.38. The van der Waals surface area contributed by atoms with Gasteiger partial charge in [0.05, 0.1) is 0 Å². The minimum absolute atomic E-state index is 0.420. The summed E-state index contributed by atoms with van der Waals surface area (Å²) in [6, 6.07) is 0. The summed E-state index contributed by atoms with van der Waals surface area (Å²) in [5.74, 6) is -2.91. The zero-order chi connectivity index (χ0) is 39.8. The van der Waals surface area contributed by atoms with E-state index in [9.17, 15) is 89.0 Å². The Labute approximate surface area is 260 Å². The van der Waals surface area contributed by atoms with Gasteiger partial charge in [-0.05, 0) is 20.8 Å². The van der Waals surface area contributed by atoms with Gasteiger partial charge in [0.25, 0.3) is 17.0 Å². The highest BCUT2D eigenvalue weighted by Crippen LogP contribution is 2.66. The van der Waals surface area contributed by atoms with Crippen LogP contribution in [0.25, 0.3) is 0 Å². The fourth-order valence-electron chi connectivity index (χ4n) is 3.51. The molecule has 0 bridgehead atoms. The fraction of sp³-hybridized carbons (Fsp3) is 0.696. The highest BCUT2D eigenvalue weighted by Gasteiger charge is 2.98. The van der Waals surface area contributed by atoms with Crippen molar-refractivity contribution in [1.82, 2.24) is 5.32 Å². The molecule has 0 aromatic heterocycles. The number of amides is 1. The van der Waals surface area contributed by atoms with Crippen LogP contribution in [0.3, 0.4) is 0 Å². The first kappa shape index (κ1) is 45.4. The van der Waals surface area contributed by atoms with Crippen LogP contribution in [0.5, 0.6) is 0 Å². The first-order valence-corrected chi connectivity index (χ1v) is 12.0. The number of hydrogen-bond acceptors (Lipinski definition) is 6. The van der Waals surface area contributed by atoms with E-state index in [4.69, 9.17) is 0 Å². The van der Waals surface area contributed by atoms with Crippen LogP contribution in [0.1, 0.15) is 20.8 Å². The van der Waals surface area contributed by atoms with Crippen molar-refractivity contribution >= 4 is 18.0 Å². The minimum atomic E-state index is -9.35. The number of carbonyl (C=O) groups is 3. The Morgan fingerprint density at radius 3 is 1.20 bits per heavy atom. The third-order valence-corrected chi connectivity index (χ3v) is 5.88. The van der Waals surface area contributed by atoms with Gasteiger partial charge in [-0.3, -0.25) is 0 Å². The first-order chi connectivity index (χ1) is 21.3. The molecule has 49 heavy (non-hydrogen) atoms. The van der Waals surface area contributed by atoms with E-state index in [-0.39, 0.29) is 0 Å². The predicted molar refractivity (Wildman–Crippen MR) is 120 cm³/mol. The van der Waals surface area contributed by atoms with Gasteiger partial charge in [0.1, 0.15) is 18.8 Å². The SMILES string of the molecule is C=C(C)C(=O)OCC(C)(COC(=O)C(=C)C)NC(=O)OC(C(F)(F)F)C(F)(C(F)(F)F)C(F)(C(F)(F)F)C(F)(C(F)C(F)(F)F)C(F)(F)F. The van der Waals surface area contributed by atoms with E-state index in [2.05, 4.69) is 27.4 Å². The second-order valence-electron chi connectivity index (χ2n) is 10.2. The molecule has 286 valence electrons. The lowest BCUT2D eigenvalue weighted by atomic mass is 9.67. The largest absolute Gasteiger partial charge is 0.460 e. The van der Waals surface area contributed by atoms with E-state index in [1.54, 1.807) is 0 Å². The Morgan fingerprint density at radius 2 is 0.959 bits per heavy atom. The van der Waals surface area contributed by atoms with Gasteiger partial charge in [0.2, 0.25) is 12.3 Å². The second-order valence-corrected chi connectivity index (χ2v) is 10.2. The molecule has 5 unspecified atom stereocenters. The summed E-state index contributed by atoms with van der Waals surface area (Å²) >= 11 is 0. The lowest BCUT2D eigenvalue weighted by Crippen LogP contribution is -2.84. The van der Waals surface area contributed by atoms with Crippen molar-refractivity contribution in [3.8, 4) is 0 Å². The number of alkyl halides is 19. The zero-order valence-corrected chi connectivity index (χ0v) is 24.1. The Hall–Kier alpha value is -3.64. The van der Waals surface area contributed by atoms with E-state index in [1.807, 2.05) is 0 Å². The Morgan fingerprint density at radius 1 is 0.612 bits per heavy atom. The smallest absolute Gasteiger partial charge is 0.430 e. The molecule has 0 aliphatic rings. The van der Waals surface area contributed by atoms with Gasteiger partial charge in [-0.2, -0.15) is 65.9 Å². The number of rotatable bonds is 12. The Bertz CT molecular complexity index is 1240. The molecule has 0 aliphatic carbocycles. The monoisotopic (exact) mass is 767 g/mol. The summed E-state index contributed by atoms with van der Waals surface area (Å²) < 4.78 is 274. The van der Waals surface area contributed by atoms with Gasteiger partial charge in [-0.25, -0.2) is 31.9 Å². The van der Waals surface area contributed by atoms with Crippen LogP contribution in [0.4, 0.5) is 88.2 Å². The average Bonchev–Trinajstić information content (AvgIpc) is 2.88. The zero-order valence-electron chi connectivity index (χ0n) is 24.1. The van der Waals surface area contributed by atoms with Gasteiger partial charge >= 0.3 is 48.9 Å². The van der Waals surface area contributed by atoms with Gasteiger partial charge in [0, 0.05) is 11.1 Å². The number of hydrogen-bond donors (Lipinski definition) is 1. The molecule has 0 saturated heterocycles. The minimum Gasteiger partial charge on any atom is -0.460 e. The van der Waals surface area contributed by atoms with Crippen LogP contribution in [-0.4, -0.2) is 96.9 Å². The molecule has 0 heterocycles. The maximum atomic E-state index is 15.6. The van der Waals surface area contributed by atoms with Crippen LogP contribution in [-0.2, 0) is 23.8 Å². The van der Waals surface area contributed by atoms with Crippen molar-refractivity contribution in [1.29, 1.82) is 0 Å². The Kier molecular flexibility index (Phi) is 12.9. The number of esters is 2. The molecule has 7 nitrogen and oxygen atoms in total. The maximum absolute atomic E-state index is 15.6. The van der Waals surface area contributed by atoms with E-state index in [1.165, 1.54) is 0 Å². The molecule has 0 aliphatic heterocycles. The van der Waals surface area contributed by atoms with Gasteiger partial charge < -0.3 is 19.5 Å². The molecule has 1 N–H and O–H groups in total. The van der Waals surface area contributed by atoms with Crippen LogP contribution in [0.15, 0.2) is 24.3 Å². The molecule has 0 rings (SSSR count). The second kappa shape index (κ2) is 13.9. The van der Waals surface area contributed by atoms with E-state index in [0.717, 1.165) is 19.2 Å². The van der Waals surface area contributed by atoms with Gasteiger partial charge in [-0.1, -0.05) is 13.2 Å². The van der Waals surface area contributed by atoms with Crippen LogP contribution < -0.4 is 5.32 Å². The van der Waals surface area contributed by atoms with Crippen molar-refractivity contribution in [3.63, 3.8) is 0 Å². The van der Waals surface area contributed by atoms with Crippen molar-refractivity contribution in [2.45, 2.75) is 86.5 Å². The van der Waals surface area contributed by atoms with E-state index in [0.29, 0.717) is 6.92 Å². The standard InChI is InChI=1S/C23H20F19NO6/c1-8(2)10(44)47-6-15(5,7-48-11(45)9(3)4)43-14(46)49-13(19(30,31)32)17(26,22(37,38)39)20(33,23(40,41)42)16(25,21(34,35)36)12(24)18(27,28)29/h12-13H,1,3,6-7H2,2,4-5H3,(H,43,46). The summed E-state index contributed by atoms with van der Waals surface area (Å²) in [4.78, 5) is 35.7. The molecule has 0 aromatic rings. The van der Waals surface area contributed by atoms with Gasteiger partial charge in [0.15, 0.2) is 0 Å². The fourth-order valence-corrected chi connectivity index (χ4v) is 3.51. The summed E-state index contributed by atoms with van der Waals surface area (Å²) in [7, 11) is 0. The Balaban J connectivity index is 7.76. The van der Waals surface area contributed by atoms with Crippen molar-refractivity contribution in [2.75, 3.05) is 13.2 Å². The average molecular weight is 767 g/mol. The first-order valence-electron chi connectivity index (χ1n) is 12.0. The third kappa shape index (κ3) is 8.94. The third-order valence-electron chi connectivity index (χ3n) is 5.88. The van der Waals surface area contributed by atoms with Crippen molar-refractivity contribution in [3.05, 3.63) is 24.3 Å². The molecule has 0 spiro atoms. The number of alkyl carbamates (subject to hydrolysis) is 1. The highest BCUT2D eigenvalue weighted by molar-refractivity contribution is 5.87. The van der Waals surface area contributed by atoms with E-state index < -0.39 is 108 Å². The summed E-state index contributed by atoms with van der Waals surface area (Å²) in [5.41, 5.74) is -31.0. The lowest BCUT2D eigenvalue weighted by Gasteiger charge is -2.51.